The van der Waals surface area contributed by atoms with Gasteiger partial charge in [0.15, 0.2) is 0 Å². The van der Waals surface area contributed by atoms with Crippen molar-refractivity contribution in [2.75, 3.05) is 31.2 Å². The molecule has 0 atom stereocenters. The van der Waals surface area contributed by atoms with Crippen LogP contribution in [-0.4, -0.2) is 36.8 Å². The van der Waals surface area contributed by atoms with Crippen LogP contribution in [0.3, 0.4) is 0 Å². The van der Waals surface area contributed by atoms with Gasteiger partial charge in [-0.15, -0.1) is 11.3 Å². The van der Waals surface area contributed by atoms with E-state index in [1.54, 1.807) is 17.5 Å². The van der Waals surface area contributed by atoms with Crippen molar-refractivity contribution in [3.63, 3.8) is 0 Å². The van der Waals surface area contributed by atoms with E-state index in [1.807, 2.05) is 40.3 Å². The fourth-order valence-electron chi connectivity index (χ4n) is 3.28. The first kappa shape index (κ1) is 16.8. The number of anilines is 1. The monoisotopic (exact) mass is 369 g/mol. The number of nitrogens with two attached hydrogens (primary N) is 1. The molecule has 1 amide bonds. The van der Waals surface area contributed by atoms with Crippen molar-refractivity contribution in [1.82, 2.24) is 4.57 Å². The molecular formula is C19H19N3O3S. The molecule has 0 spiro atoms. The van der Waals surface area contributed by atoms with Crippen LogP contribution in [0, 0.1) is 0 Å². The zero-order chi connectivity index (χ0) is 18.1. The van der Waals surface area contributed by atoms with Crippen molar-refractivity contribution in [1.29, 1.82) is 0 Å². The summed E-state index contributed by atoms with van der Waals surface area (Å²) in [5.41, 5.74) is 6.92. The quantitative estimate of drug-likeness (QED) is 0.763. The van der Waals surface area contributed by atoms with Crippen LogP contribution in [-0.2, 0) is 11.3 Å². The highest BCUT2D eigenvalue weighted by atomic mass is 32.1. The zero-order valence-corrected chi connectivity index (χ0v) is 15.0. The zero-order valence-electron chi connectivity index (χ0n) is 14.2. The Morgan fingerprint density at radius 1 is 1.23 bits per heavy atom. The van der Waals surface area contributed by atoms with Crippen LogP contribution in [0.1, 0.15) is 15.2 Å². The summed E-state index contributed by atoms with van der Waals surface area (Å²) < 4.78 is 7.32. The second-order valence-corrected chi connectivity index (χ2v) is 7.28. The molecule has 3 heterocycles. The number of amides is 1. The standard InChI is InChI=1S/C19H19N3O3S/c20-19(24)16-12-22(11-14-2-1-9-26-14)17-4-3-13(10-15(17)18(16)23)21-5-7-25-8-6-21/h1-4,9-10,12H,5-8,11H2,(H2,20,24). The molecule has 1 aliphatic heterocycles. The van der Waals surface area contributed by atoms with Gasteiger partial charge in [0.2, 0.25) is 5.43 Å². The third-order valence-electron chi connectivity index (χ3n) is 4.61. The lowest BCUT2D eigenvalue weighted by Crippen LogP contribution is -2.36. The first-order valence-electron chi connectivity index (χ1n) is 8.45. The van der Waals surface area contributed by atoms with Crippen molar-refractivity contribution >= 4 is 33.8 Å². The van der Waals surface area contributed by atoms with E-state index in [0.717, 1.165) is 29.2 Å². The number of pyridine rings is 1. The van der Waals surface area contributed by atoms with Crippen LogP contribution in [0.4, 0.5) is 5.69 Å². The summed E-state index contributed by atoms with van der Waals surface area (Å²) in [6, 6.07) is 9.83. The summed E-state index contributed by atoms with van der Waals surface area (Å²) in [5.74, 6) is -0.700. The largest absolute Gasteiger partial charge is 0.378 e. The molecule has 7 heteroatoms. The number of thiophene rings is 1. The number of carbonyl (C=O) groups is 1. The molecule has 134 valence electrons. The predicted molar refractivity (Wildman–Crippen MR) is 103 cm³/mol. The van der Waals surface area contributed by atoms with E-state index in [1.165, 1.54) is 0 Å². The SMILES string of the molecule is NC(=O)c1cn(Cc2cccs2)c2ccc(N3CCOCC3)cc2c1=O. The topological polar surface area (TPSA) is 77.6 Å². The van der Waals surface area contributed by atoms with Crippen LogP contribution in [0.25, 0.3) is 10.9 Å². The van der Waals surface area contributed by atoms with E-state index in [4.69, 9.17) is 10.5 Å². The Labute approximate surface area is 154 Å². The lowest BCUT2D eigenvalue weighted by Gasteiger charge is -2.29. The molecule has 4 rings (SSSR count). The number of nitrogens with zero attached hydrogens (tertiary/aromatic N) is 2. The van der Waals surface area contributed by atoms with E-state index in [-0.39, 0.29) is 11.0 Å². The van der Waals surface area contributed by atoms with Gasteiger partial charge < -0.3 is 19.9 Å². The van der Waals surface area contributed by atoms with E-state index in [0.29, 0.717) is 25.1 Å². The molecule has 0 aliphatic carbocycles. The maximum Gasteiger partial charge on any atom is 0.254 e. The Kier molecular flexibility index (Phi) is 4.48. The summed E-state index contributed by atoms with van der Waals surface area (Å²) in [6.45, 7) is 3.49. The van der Waals surface area contributed by atoms with E-state index < -0.39 is 5.91 Å². The van der Waals surface area contributed by atoms with Gasteiger partial charge in [0, 0.05) is 35.2 Å². The average molecular weight is 369 g/mol. The number of aromatic nitrogens is 1. The van der Waals surface area contributed by atoms with Gasteiger partial charge in [0.1, 0.15) is 5.56 Å². The number of rotatable bonds is 4. The van der Waals surface area contributed by atoms with Crippen molar-refractivity contribution < 1.29 is 9.53 Å². The van der Waals surface area contributed by atoms with E-state index in [2.05, 4.69) is 4.90 Å². The Morgan fingerprint density at radius 2 is 2.04 bits per heavy atom. The van der Waals surface area contributed by atoms with Gasteiger partial charge in [0.25, 0.3) is 5.91 Å². The average Bonchev–Trinajstić information content (AvgIpc) is 3.17. The summed E-state index contributed by atoms with van der Waals surface area (Å²) in [7, 11) is 0. The second kappa shape index (κ2) is 6.93. The van der Waals surface area contributed by atoms with Crippen molar-refractivity contribution in [2.24, 2.45) is 5.73 Å². The number of primary amides is 1. The first-order chi connectivity index (χ1) is 12.6. The normalized spacial score (nSPS) is 14.7. The van der Waals surface area contributed by atoms with Crippen LogP contribution in [0.15, 0.2) is 46.7 Å². The molecule has 1 aromatic carbocycles. The fraction of sp³-hybridized carbons (Fsp3) is 0.263. The number of carbonyl (C=O) groups excluding carboxylic acids is 1. The Balaban J connectivity index is 1.86. The molecule has 2 N–H and O–H groups in total. The van der Waals surface area contributed by atoms with Gasteiger partial charge in [-0.25, -0.2) is 0 Å². The Bertz CT molecular complexity index is 1000. The maximum absolute atomic E-state index is 12.8. The maximum atomic E-state index is 12.8. The third kappa shape index (κ3) is 3.11. The molecule has 2 aromatic heterocycles. The van der Waals surface area contributed by atoms with Gasteiger partial charge in [-0.3, -0.25) is 9.59 Å². The van der Waals surface area contributed by atoms with Crippen molar-refractivity contribution in [2.45, 2.75) is 6.54 Å². The van der Waals surface area contributed by atoms with Crippen LogP contribution < -0.4 is 16.1 Å². The lowest BCUT2D eigenvalue weighted by molar-refractivity contribution is 0.0998. The van der Waals surface area contributed by atoms with Gasteiger partial charge >= 0.3 is 0 Å². The summed E-state index contributed by atoms with van der Waals surface area (Å²) in [5, 5.41) is 2.52. The highest BCUT2D eigenvalue weighted by Gasteiger charge is 2.17. The minimum absolute atomic E-state index is 0.0215. The third-order valence-corrected chi connectivity index (χ3v) is 5.47. The number of benzene rings is 1. The first-order valence-corrected chi connectivity index (χ1v) is 9.33. The number of hydrogen-bond donors (Lipinski definition) is 1. The summed E-state index contributed by atoms with van der Waals surface area (Å²) >= 11 is 1.63. The molecular weight excluding hydrogens is 350 g/mol. The minimum Gasteiger partial charge on any atom is -0.378 e. The summed E-state index contributed by atoms with van der Waals surface area (Å²) in [6.07, 6.45) is 1.57. The van der Waals surface area contributed by atoms with Crippen LogP contribution >= 0.6 is 11.3 Å². The number of hydrogen-bond acceptors (Lipinski definition) is 5. The lowest BCUT2D eigenvalue weighted by atomic mass is 10.1. The highest BCUT2D eigenvalue weighted by molar-refractivity contribution is 7.09. The Morgan fingerprint density at radius 3 is 2.73 bits per heavy atom. The van der Waals surface area contributed by atoms with Gasteiger partial charge in [-0.1, -0.05) is 6.07 Å². The predicted octanol–water partition coefficient (Wildman–Crippen LogP) is 2.05. The molecule has 26 heavy (non-hydrogen) atoms. The fourth-order valence-corrected chi connectivity index (χ4v) is 3.98. The van der Waals surface area contributed by atoms with Gasteiger partial charge in [-0.2, -0.15) is 0 Å². The molecule has 6 nitrogen and oxygen atoms in total. The van der Waals surface area contributed by atoms with Gasteiger partial charge in [0.05, 0.1) is 25.3 Å². The molecule has 0 unspecified atom stereocenters. The summed E-state index contributed by atoms with van der Waals surface area (Å²) in [4.78, 5) is 27.9. The molecule has 1 fully saturated rings. The minimum atomic E-state index is -0.700. The Hall–Kier alpha value is -2.64. The van der Waals surface area contributed by atoms with Crippen molar-refractivity contribution in [3.05, 3.63) is 62.6 Å². The molecule has 0 bridgehead atoms. The molecule has 1 saturated heterocycles. The highest BCUT2D eigenvalue weighted by Crippen LogP contribution is 2.23. The molecule has 1 aliphatic rings. The molecule has 0 radical (unpaired) electrons. The smallest absolute Gasteiger partial charge is 0.254 e. The van der Waals surface area contributed by atoms with E-state index >= 15 is 0 Å². The number of fused-ring (bicyclic) bond motifs is 1. The molecule has 3 aromatic rings. The number of morpholine rings is 1. The van der Waals surface area contributed by atoms with Crippen molar-refractivity contribution in [3.8, 4) is 0 Å². The number of ether oxygens (including phenoxy) is 1. The van der Waals surface area contributed by atoms with Gasteiger partial charge in [-0.05, 0) is 29.6 Å². The molecule has 0 saturated carbocycles. The van der Waals surface area contributed by atoms with Crippen LogP contribution in [0.5, 0.6) is 0 Å². The van der Waals surface area contributed by atoms with Crippen LogP contribution in [0.2, 0.25) is 0 Å². The van der Waals surface area contributed by atoms with E-state index in [9.17, 15) is 9.59 Å². The second-order valence-electron chi connectivity index (χ2n) is 6.24.